The molecule has 30 heavy (non-hydrogen) atoms. The summed E-state index contributed by atoms with van der Waals surface area (Å²) in [6.07, 6.45) is 2.19. The van der Waals surface area contributed by atoms with Gasteiger partial charge < -0.3 is 25.6 Å². The van der Waals surface area contributed by atoms with Gasteiger partial charge in [-0.1, -0.05) is 23.2 Å². The summed E-state index contributed by atoms with van der Waals surface area (Å²) in [5.74, 6) is -0.206. The second kappa shape index (κ2) is 10.5. The maximum atomic E-state index is 12.7. The SMILES string of the molecule is COCCNC(=O)c1cc(NC(=O)Nc2ccc(Cl)c(Cl)c2)ccc1N1CCCC1. The lowest BCUT2D eigenvalue weighted by Crippen LogP contribution is -2.30. The van der Waals surface area contributed by atoms with E-state index in [9.17, 15) is 9.59 Å². The van der Waals surface area contributed by atoms with Gasteiger partial charge >= 0.3 is 6.03 Å². The molecule has 0 aliphatic carbocycles. The molecule has 160 valence electrons. The highest BCUT2D eigenvalue weighted by molar-refractivity contribution is 6.42. The molecule has 1 aliphatic rings. The van der Waals surface area contributed by atoms with E-state index < -0.39 is 6.03 Å². The second-order valence-electron chi connectivity index (χ2n) is 6.88. The van der Waals surface area contributed by atoms with E-state index in [1.54, 1.807) is 37.4 Å². The summed E-state index contributed by atoms with van der Waals surface area (Å²) in [5, 5.41) is 9.06. The number of ether oxygens (including phenoxy) is 1. The van der Waals surface area contributed by atoms with Crippen molar-refractivity contribution in [2.75, 3.05) is 48.9 Å². The number of nitrogens with one attached hydrogen (secondary N) is 3. The number of carbonyl (C=O) groups excluding carboxylic acids is 2. The summed E-state index contributed by atoms with van der Waals surface area (Å²) < 4.78 is 5.00. The fourth-order valence-electron chi connectivity index (χ4n) is 3.26. The average molecular weight is 451 g/mol. The first-order valence-corrected chi connectivity index (χ1v) is 10.4. The monoisotopic (exact) mass is 450 g/mol. The largest absolute Gasteiger partial charge is 0.383 e. The van der Waals surface area contributed by atoms with Crippen LogP contribution in [-0.2, 0) is 4.74 Å². The highest BCUT2D eigenvalue weighted by atomic mass is 35.5. The molecule has 0 aromatic heterocycles. The number of amides is 3. The summed E-state index contributed by atoms with van der Waals surface area (Å²) in [6, 6.07) is 9.71. The van der Waals surface area contributed by atoms with Crippen LogP contribution in [0.3, 0.4) is 0 Å². The maximum absolute atomic E-state index is 12.7. The Labute approximate surface area is 185 Å². The van der Waals surface area contributed by atoms with E-state index in [1.807, 2.05) is 6.07 Å². The zero-order valence-electron chi connectivity index (χ0n) is 16.6. The fraction of sp³-hybridized carbons (Fsp3) is 0.333. The second-order valence-corrected chi connectivity index (χ2v) is 7.70. The van der Waals surface area contributed by atoms with Crippen LogP contribution in [0.1, 0.15) is 23.2 Å². The highest BCUT2D eigenvalue weighted by Crippen LogP contribution is 2.28. The first-order chi connectivity index (χ1) is 14.5. The molecule has 2 aromatic carbocycles. The number of anilines is 3. The molecule has 1 heterocycles. The normalized spacial score (nSPS) is 13.2. The van der Waals surface area contributed by atoms with E-state index in [2.05, 4.69) is 20.9 Å². The Balaban J connectivity index is 1.75. The summed E-state index contributed by atoms with van der Waals surface area (Å²) >= 11 is 11.9. The molecule has 0 atom stereocenters. The molecule has 0 radical (unpaired) electrons. The van der Waals surface area contributed by atoms with Crippen LogP contribution < -0.4 is 20.9 Å². The summed E-state index contributed by atoms with van der Waals surface area (Å²) in [6.45, 7) is 2.64. The number of benzene rings is 2. The van der Waals surface area contributed by atoms with Crippen molar-refractivity contribution < 1.29 is 14.3 Å². The van der Waals surface area contributed by atoms with E-state index in [-0.39, 0.29) is 5.91 Å². The highest BCUT2D eigenvalue weighted by Gasteiger charge is 2.20. The van der Waals surface area contributed by atoms with Crippen LogP contribution in [0.2, 0.25) is 10.0 Å². The zero-order valence-corrected chi connectivity index (χ0v) is 18.1. The van der Waals surface area contributed by atoms with Crippen molar-refractivity contribution in [2.24, 2.45) is 0 Å². The van der Waals surface area contributed by atoms with Crippen LogP contribution in [0.4, 0.5) is 21.9 Å². The van der Waals surface area contributed by atoms with Gasteiger partial charge in [-0.05, 0) is 49.2 Å². The Hall–Kier alpha value is -2.48. The molecular weight excluding hydrogens is 427 g/mol. The van der Waals surface area contributed by atoms with E-state index in [4.69, 9.17) is 27.9 Å². The lowest BCUT2D eigenvalue weighted by Gasteiger charge is -2.22. The van der Waals surface area contributed by atoms with Crippen molar-refractivity contribution in [3.05, 3.63) is 52.0 Å². The number of nitrogens with zero attached hydrogens (tertiary/aromatic N) is 1. The third kappa shape index (κ3) is 5.78. The topological polar surface area (TPSA) is 82.7 Å². The summed E-state index contributed by atoms with van der Waals surface area (Å²) in [5.41, 5.74) is 2.39. The smallest absolute Gasteiger partial charge is 0.323 e. The molecule has 1 fully saturated rings. The molecule has 0 spiro atoms. The van der Waals surface area contributed by atoms with Gasteiger partial charge in [0, 0.05) is 43.8 Å². The molecule has 1 saturated heterocycles. The van der Waals surface area contributed by atoms with Crippen LogP contribution in [0.15, 0.2) is 36.4 Å². The van der Waals surface area contributed by atoms with Crippen LogP contribution in [-0.4, -0.2) is 45.3 Å². The third-order valence-electron chi connectivity index (χ3n) is 4.72. The Morgan fingerprint density at radius 3 is 2.33 bits per heavy atom. The fourth-order valence-corrected chi connectivity index (χ4v) is 3.56. The van der Waals surface area contributed by atoms with Gasteiger partial charge in [0.05, 0.1) is 22.2 Å². The lowest BCUT2D eigenvalue weighted by molar-refractivity contribution is 0.0937. The first-order valence-electron chi connectivity index (χ1n) is 9.67. The number of carbonyl (C=O) groups is 2. The minimum absolute atomic E-state index is 0.206. The molecule has 1 aliphatic heterocycles. The molecular formula is C21H24Cl2N4O3. The quantitative estimate of drug-likeness (QED) is 0.537. The number of halogens is 2. The number of urea groups is 1. The van der Waals surface area contributed by atoms with E-state index in [0.717, 1.165) is 31.6 Å². The average Bonchev–Trinajstić information content (AvgIpc) is 3.25. The number of rotatable bonds is 7. The van der Waals surface area contributed by atoms with Gasteiger partial charge in [0.15, 0.2) is 0 Å². The molecule has 0 saturated carbocycles. The van der Waals surface area contributed by atoms with Crippen LogP contribution in [0, 0.1) is 0 Å². The predicted octanol–water partition coefficient (Wildman–Crippen LogP) is 4.61. The van der Waals surface area contributed by atoms with Gasteiger partial charge in [-0.15, -0.1) is 0 Å². The van der Waals surface area contributed by atoms with Crippen LogP contribution in [0.25, 0.3) is 0 Å². The van der Waals surface area contributed by atoms with Gasteiger partial charge in [-0.3, -0.25) is 4.79 Å². The van der Waals surface area contributed by atoms with E-state index in [1.165, 1.54) is 0 Å². The maximum Gasteiger partial charge on any atom is 0.323 e. The van der Waals surface area contributed by atoms with Crippen molar-refractivity contribution >= 4 is 52.2 Å². The predicted molar refractivity (Wildman–Crippen MR) is 121 cm³/mol. The molecule has 7 nitrogen and oxygen atoms in total. The van der Waals surface area contributed by atoms with E-state index in [0.29, 0.717) is 40.1 Å². The Morgan fingerprint density at radius 2 is 1.67 bits per heavy atom. The van der Waals surface area contributed by atoms with Crippen molar-refractivity contribution in [1.29, 1.82) is 0 Å². The summed E-state index contributed by atoms with van der Waals surface area (Å²) in [7, 11) is 1.58. The molecule has 0 bridgehead atoms. The zero-order chi connectivity index (χ0) is 21.5. The third-order valence-corrected chi connectivity index (χ3v) is 5.45. The Bertz CT molecular complexity index is 917. The van der Waals surface area contributed by atoms with Gasteiger partial charge in [0.2, 0.25) is 0 Å². The van der Waals surface area contributed by atoms with E-state index >= 15 is 0 Å². The molecule has 2 aromatic rings. The minimum Gasteiger partial charge on any atom is -0.383 e. The van der Waals surface area contributed by atoms with Crippen LogP contribution in [0.5, 0.6) is 0 Å². The Kier molecular flexibility index (Phi) is 7.79. The van der Waals surface area contributed by atoms with Crippen molar-refractivity contribution in [3.8, 4) is 0 Å². The van der Waals surface area contributed by atoms with Gasteiger partial charge in [0.25, 0.3) is 5.91 Å². The first kappa shape index (κ1) is 22.2. The van der Waals surface area contributed by atoms with Gasteiger partial charge in [0.1, 0.15) is 0 Å². The van der Waals surface area contributed by atoms with Crippen LogP contribution >= 0.6 is 23.2 Å². The molecule has 0 unspecified atom stereocenters. The van der Waals surface area contributed by atoms with Gasteiger partial charge in [-0.2, -0.15) is 0 Å². The van der Waals surface area contributed by atoms with Crippen molar-refractivity contribution in [1.82, 2.24) is 5.32 Å². The minimum atomic E-state index is -0.451. The molecule has 3 rings (SSSR count). The molecule has 3 N–H and O–H groups in total. The summed E-state index contributed by atoms with van der Waals surface area (Å²) in [4.78, 5) is 27.3. The Morgan fingerprint density at radius 1 is 1.00 bits per heavy atom. The number of methoxy groups -OCH3 is 1. The number of hydrogen-bond donors (Lipinski definition) is 3. The van der Waals surface area contributed by atoms with Crippen molar-refractivity contribution in [3.63, 3.8) is 0 Å². The number of hydrogen-bond acceptors (Lipinski definition) is 4. The van der Waals surface area contributed by atoms with Crippen molar-refractivity contribution in [2.45, 2.75) is 12.8 Å². The molecule has 9 heteroatoms. The lowest BCUT2D eigenvalue weighted by atomic mass is 10.1. The molecule has 3 amide bonds. The van der Waals surface area contributed by atoms with Gasteiger partial charge in [-0.25, -0.2) is 4.79 Å². The standard InChI is InChI=1S/C21H24Cl2N4O3/c1-30-11-8-24-20(28)16-12-14(5-7-19(16)27-9-2-3-10-27)25-21(29)26-15-4-6-17(22)18(23)13-15/h4-7,12-13H,2-3,8-11H2,1H3,(H,24,28)(H2,25,26,29).